The van der Waals surface area contributed by atoms with Gasteiger partial charge in [0.25, 0.3) is 0 Å². The van der Waals surface area contributed by atoms with Gasteiger partial charge in [-0.05, 0) is 77.7 Å². The number of hydrogen-bond acceptors (Lipinski definition) is 3. The van der Waals surface area contributed by atoms with Gasteiger partial charge in [-0.25, -0.2) is 0 Å². The number of aryl methyl sites for hydroxylation is 3. The number of hydrogen-bond donors (Lipinski definition) is 2. The summed E-state index contributed by atoms with van der Waals surface area (Å²) in [5.74, 6) is 0.946. The van der Waals surface area contributed by atoms with E-state index < -0.39 is 5.91 Å². The lowest BCUT2D eigenvalue weighted by Crippen LogP contribution is -2.11. The van der Waals surface area contributed by atoms with Gasteiger partial charge in [0.15, 0.2) is 0 Å². The molecule has 2 aromatic carbocycles. The van der Waals surface area contributed by atoms with Gasteiger partial charge in [-0.1, -0.05) is 0 Å². The number of amides is 1. The van der Waals surface area contributed by atoms with Crippen LogP contribution in [0, 0.1) is 20.8 Å². The molecule has 0 aliphatic rings. The summed E-state index contributed by atoms with van der Waals surface area (Å²) >= 11 is 3.45. The van der Waals surface area contributed by atoms with Crippen LogP contribution in [0.5, 0.6) is 11.5 Å². The topological polar surface area (TPSA) is 78.3 Å². The number of ether oxygens (including phenoxy) is 1. The van der Waals surface area contributed by atoms with Gasteiger partial charge < -0.3 is 16.2 Å². The van der Waals surface area contributed by atoms with Crippen molar-refractivity contribution in [2.75, 3.05) is 5.73 Å². The number of carbonyl (C=O) groups excluding carboxylic acids is 1. The van der Waals surface area contributed by atoms with Crippen molar-refractivity contribution < 1.29 is 9.53 Å². The molecule has 0 heterocycles. The third-order valence-electron chi connectivity index (χ3n) is 3.28. The molecule has 0 fully saturated rings. The first-order chi connectivity index (χ1) is 9.79. The quantitative estimate of drug-likeness (QED) is 0.826. The van der Waals surface area contributed by atoms with E-state index in [1.165, 1.54) is 0 Å². The Bertz CT molecular complexity index is 703. The van der Waals surface area contributed by atoms with Gasteiger partial charge in [-0.15, -0.1) is 0 Å². The fraction of sp³-hybridized carbons (Fsp3) is 0.188. The summed E-state index contributed by atoms with van der Waals surface area (Å²) < 4.78 is 6.77. The van der Waals surface area contributed by atoms with Crippen molar-refractivity contribution in [2.45, 2.75) is 20.8 Å². The molecule has 110 valence electrons. The molecule has 2 aromatic rings. The molecule has 0 atom stereocenters. The molecule has 4 N–H and O–H groups in total. The number of halogens is 1. The second kappa shape index (κ2) is 5.77. The van der Waals surface area contributed by atoms with Crippen LogP contribution in [0.25, 0.3) is 0 Å². The van der Waals surface area contributed by atoms with E-state index in [4.69, 9.17) is 16.2 Å². The Kier molecular flexibility index (Phi) is 4.23. The van der Waals surface area contributed by atoms with Crippen LogP contribution in [-0.2, 0) is 0 Å². The van der Waals surface area contributed by atoms with Gasteiger partial charge >= 0.3 is 0 Å². The first kappa shape index (κ1) is 15.4. The van der Waals surface area contributed by atoms with Crippen LogP contribution in [0.15, 0.2) is 28.7 Å². The fourth-order valence-electron chi connectivity index (χ4n) is 2.11. The number of rotatable bonds is 3. The standard InChI is InChI=1S/C16H17BrN2O2/c1-8-6-14(12(17)7-13(8)18)21-15-9(2)4-11(16(19)20)5-10(15)3/h4-7H,18H2,1-3H3,(H2,19,20). The average molecular weight is 349 g/mol. The number of anilines is 1. The molecule has 0 bridgehead atoms. The molecule has 5 heteroatoms. The SMILES string of the molecule is Cc1cc(Oc2c(C)cc(C(N)=O)cc2C)c(Br)cc1N. The maximum Gasteiger partial charge on any atom is 0.248 e. The van der Waals surface area contributed by atoms with Crippen molar-refractivity contribution in [3.8, 4) is 11.5 Å². The Labute approximate surface area is 132 Å². The number of primary amides is 1. The molecule has 4 nitrogen and oxygen atoms in total. The molecule has 0 saturated carbocycles. The van der Waals surface area contributed by atoms with Gasteiger partial charge in [0.2, 0.25) is 5.91 Å². The van der Waals surface area contributed by atoms with Gasteiger partial charge in [0.05, 0.1) is 4.47 Å². The van der Waals surface area contributed by atoms with E-state index >= 15 is 0 Å². The van der Waals surface area contributed by atoms with Crippen molar-refractivity contribution in [1.82, 2.24) is 0 Å². The zero-order chi connectivity index (χ0) is 15.7. The smallest absolute Gasteiger partial charge is 0.248 e. The predicted molar refractivity (Wildman–Crippen MR) is 87.8 cm³/mol. The summed E-state index contributed by atoms with van der Waals surface area (Å²) in [6.07, 6.45) is 0. The fourth-order valence-corrected chi connectivity index (χ4v) is 2.55. The third-order valence-corrected chi connectivity index (χ3v) is 3.90. The highest BCUT2D eigenvalue weighted by Gasteiger charge is 2.13. The maximum atomic E-state index is 11.3. The highest BCUT2D eigenvalue weighted by molar-refractivity contribution is 9.10. The first-order valence-corrected chi connectivity index (χ1v) is 7.23. The lowest BCUT2D eigenvalue weighted by Gasteiger charge is -2.15. The van der Waals surface area contributed by atoms with Crippen LogP contribution >= 0.6 is 15.9 Å². The van der Waals surface area contributed by atoms with Gasteiger partial charge in [0.1, 0.15) is 11.5 Å². The minimum absolute atomic E-state index is 0.447. The molecular weight excluding hydrogens is 332 g/mol. The second-order valence-corrected chi connectivity index (χ2v) is 5.90. The summed E-state index contributed by atoms with van der Waals surface area (Å²) in [5.41, 5.74) is 15.0. The number of nitrogen functional groups attached to an aromatic ring is 1. The maximum absolute atomic E-state index is 11.3. The van der Waals surface area contributed by atoms with Gasteiger partial charge in [-0.2, -0.15) is 0 Å². The monoisotopic (exact) mass is 348 g/mol. The predicted octanol–water partition coefficient (Wildman–Crippen LogP) is 3.85. The molecule has 2 rings (SSSR count). The van der Waals surface area contributed by atoms with E-state index in [0.717, 1.165) is 21.2 Å². The largest absolute Gasteiger partial charge is 0.456 e. The van der Waals surface area contributed by atoms with Crippen LogP contribution < -0.4 is 16.2 Å². The van der Waals surface area contributed by atoms with Crippen LogP contribution in [0.3, 0.4) is 0 Å². The summed E-state index contributed by atoms with van der Waals surface area (Å²) in [7, 11) is 0. The zero-order valence-electron chi connectivity index (χ0n) is 12.2. The van der Waals surface area contributed by atoms with E-state index in [-0.39, 0.29) is 0 Å². The molecule has 1 amide bonds. The Morgan fingerprint density at radius 3 is 2.14 bits per heavy atom. The molecule has 0 radical (unpaired) electrons. The highest BCUT2D eigenvalue weighted by atomic mass is 79.9. The molecule has 21 heavy (non-hydrogen) atoms. The number of benzene rings is 2. The van der Waals surface area contributed by atoms with Crippen molar-refractivity contribution in [3.63, 3.8) is 0 Å². The molecule has 0 aromatic heterocycles. The summed E-state index contributed by atoms with van der Waals surface area (Å²) in [5, 5.41) is 0. The van der Waals surface area contributed by atoms with Crippen LogP contribution in [0.1, 0.15) is 27.0 Å². The molecular formula is C16H17BrN2O2. The van der Waals surface area contributed by atoms with Crippen LogP contribution in [-0.4, -0.2) is 5.91 Å². The number of nitrogens with two attached hydrogens (primary N) is 2. The molecule has 0 aliphatic heterocycles. The van der Waals surface area contributed by atoms with Gasteiger partial charge in [0, 0.05) is 11.3 Å². The first-order valence-electron chi connectivity index (χ1n) is 6.44. The van der Waals surface area contributed by atoms with Crippen molar-refractivity contribution >= 4 is 27.5 Å². The Balaban J connectivity index is 2.45. The van der Waals surface area contributed by atoms with E-state index in [0.29, 0.717) is 22.7 Å². The molecule has 0 aliphatic carbocycles. The molecule has 0 unspecified atom stereocenters. The van der Waals surface area contributed by atoms with Crippen molar-refractivity contribution in [1.29, 1.82) is 0 Å². The normalized spacial score (nSPS) is 10.5. The van der Waals surface area contributed by atoms with E-state index in [1.54, 1.807) is 12.1 Å². The lowest BCUT2D eigenvalue weighted by atomic mass is 10.1. The second-order valence-electron chi connectivity index (χ2n) is 5.04. The molecule has 0 saturated heterocycles. The Morgan fingerprint density at radius 2 is 1.62 bits per heavy atom. The Morgan fingerprint density at radius 1 is 1.05 bits per heavy atom. The van der Waals surface area contributed by atoms with Crippen molar-refractivity contribution in [2.24, 2.45) is 5.73 Å². The van der Waals surface area contributed by atoms with E-state index in [2.05, 4.69) is 15.9 Å². The Hall–Kier alpha value is -2.01. The minimum atomic E-state index is -0.447. The van der Waals surface area contributed by atoms with Crippen LogP contribution in [0.2, 0.25) is 0 Å². The minimum Gasteiger partial charge on any atom is -0.456 e. The summed E-state index contributed by atoms with van der Waals surface area (Å²) in [6.45, 7) is 5.68. The lowest BCUT2D eigenvalue weighted by molar-refractivity contribution is 0.1000. The summed E-state index contributed by atoms with van der Waals surface area (Å²) in [4.78, 5) is 11.3. The zero-order valence-corrected chi connectivity index (χ0v) is 13.7. The van der Waals surface area contributed by atoms with Crippen molar-refractivity contribution in [3.05, 3.63) is 51.0 Å². The third kappa shape index (κ3) is 3.19. The average Bonchev–Trinajstić information content (AvgIpc) is 2.39. The number of carbonyl (C=O) groups is 1. The van der Waals surface area contributed by atoms with E-state index in [9.17, 15) is 4.79 Å². The molecule has 0 spiro atoms. The van der Waals surface area contributed by atoms with Gasteiger partial charge in [-0.3, -0.25) is 4.79 Å². The highest BCUT2D eigenvalue weighted by Crippen LogP contribution is 2.36. The van der Waals surface area contributed by atoms with E-state index in [1.807, 2.05) is 32.9 Å². The van der Waals surface area contributed by atoms with Crippen LogP contribution in [0.4, 0.5) is 5.69 Å². The summed E-state index contributed by atoms with van der Waals surface area (Å²) in [6, 6.07) is 7.14.